The molecule has 0 amide bonds. The molecule has 0 bridgehead atoms. The number of fused-ring (bicyclic) bond motifs is 1. The topological polar surface area (TPSA) is 63.6 Å². The number of pyridine rings is 1. The first-order valence-corrected chi connectivity index (χ1v) is 7.97. The lowest BCUT2D eigenvalue weighted by atomic mass is 9.96. The summed E-state index contributed by atoms with van der Waals surface area (Å²) in [5.74, 6) is -0.519. The largest absolute Gasteiger partial charge is 0.328 e. The summed E-state index contributed by atoms with van der Waals surface area (Å²) in [5.41, 5.74) is 1.43. The lowest BCUT2D eigenvalue weighted by Crippen LogP contribution is -2.27. The molecule has 3 rings (SSSR count). The van der Waals surface area contributed by atoms with Gasteiger partial charge in [-0.2, -0.15) is 5.26 Å². The molecule has 0 fully saturated rings. The Kier molecular flexibility index (Phi) is 3.96. The summed E-state index contributed by atoms with van der Waals surface area (Å²) in [5, 5.41) is 9.25. The Morgan fingerprint density at radius 2 is 1.96 bits per heavy atom. The van der Waals surface area contributed by atoms with Crippen LogP contribution in [0.4, 0.5) is 4.39 Å². The second-order valence-electron chi connectivity index (χ2n) is 7.32. The molecule has 0 aliphatic rings. The zero-order chi connectivity index (χ0) is 18.4. The summed E-state index contributed by atoms with van der Waals surface area (Å²) in [6.07, 6.45) is 2.96. The van der Waals surface area contributed by atoms with E-state index in [-0.39, 0.29) is 22.2 Å². The molecule has 2 heterocycles. The third kappa shape index (κ3) is 2.82. The van der Waals surface area contributed by atoms with Crippen LogP contribution in [0.25, 0.3) is 22.2 Å². The molecule has 0 radical (unpaired) electrons. The first-order valence-electron chi connectivity index (χ1n) is 7.97. The number of imidazole rings is 1. The Labute approximate surface area is 145 Å². The second-order valence-corrected chi connectivity index (χ2v) is 7.32. The lowest BCUT2D eigenvalue weighted by Gasteiger charge is -2.18. The summed E-state index contributed by atoms with van der Waals surface area (Å²) in [6.45, 7) is 6.56. The number of nitrogens with zero attached hydrogens (tertiary/aromatic N) is 4. The number of halogens is 1. The number of hydrogen-bond acceptors (Lipinski definition) is 3. The molecule has 1 aromatic carbocycles. The van der Waals surface area contributed by atoms with Crippen molar-refractivity contribution < 1.29 is 4.39 Å². The van der Waals surface area contributed by atoms with Gasteiger partial charge >= 0.3 is 5.69 Å². The minimum Gasteiger partial charge on any atom is -0.292 e. The monoisotopic (exact) mass is 338 g/mol. The van der Waals surface area contributed by atoms with E-state index in [1.54, 1.807) is 29.8 Å². The van der Waals surface area contributed by atoms with Crippen LogP contribution in [-0.2, 0) is 13.6 Å². The van der Waals surface area contributed by atoms with Crippen molar-refractivity contribution in [2.24, 2.45) is 12.5 Å². The van der Waals surface area contributed by atoms with E-state index < -0.39 is 5.82 Å². The molecular weight excluding hydrogens is 319 g/mol. The van der Waals surface area contributed by atoms with Gasteiger partial charge in [-0.05, 0) is 23.6 Å². The second kappa shape index (κ2) is 5.85. The summed E-state index contributed by atoms with van der Waals surface area (Å²) in [4.78, 5) is 16.6. The Bertz CT molecular complexity index is 1060. The summed E-state index contributed by atoms with van der Waals surface area (Å²) in [6, 6.07) is 6.93. The molecule has 5 nitrogen and oxygen atoms in total. The molecule has 3 aromatic rings. The molecule has 2 aromatic heterocycles. The fraction of sp³-hybridized carbons (Fsp3) is 0.316. The molecule has 0 atom stereocenters. The predicted molar refractivity (Wildman–Crippen MR) is 94.5 cm³/mol. The predicted octanol–water partition coefficient (Wildman–Crippen LogP) is 3.46. The van der Waals surface area contributed by atoms with Crippen LogP contribution in [0.2, 0.25) is 0 Å². The summed E-state index contributed by atoms with van der Waals surface area (Å²) < 4.78 is 18.2. The van der Waals surface area contributed by atoms with Crippen molar-refractivity contribution in [3.05, 3.63) is 52.5 Å². The highest BCUT2D eigenvalue weighted by atomic mass is 19.1. The molecule has 0 saturated carbocycles. The first kappa shape index (κ1) is 16.9. The van der Waals surface area contributed by atoms with E-state index >= 15 is 4.39 Å². The average Bonchev–Trinajstić information content (AvgIpc) is 2.79. The van der Waals surface area contributed by atoms with Gasteiger partial charge in [-0.15, -0.1) is 0 Å². The van der Waals surface area contributed by atoms with Gasteiger partial charge in [0.05, 0.1) is 17.1 Å². The van der Waals surface area contributed by atoms with Gasteiger partial charge in [0.2, 0.25) is 0 Å². The Morgan fingerprint density at radius 3 is 2.60 bits per heavy atom. The zero-order valence-corrected chi connectivity index (χ0v) is 14.7. The third-order valence-electron chi connectivity index (χ3n) is 4.10. The number of aromatic nitrogens is 3. The van der Waals surface area contributed by atoms with Crippen LogP contribution in [0.5, 0.6) is 0 Å². The van der Waals surface area contributed by atoms with Gasteiger partial charge in [0.15, 0.2) is 5.82 Å². The minimum absolute atomic E-state index is 0.120. The van der Waals surface area contributed by atoms with Gasteiger partial charge in [0.25, 0.3) is 0 Å². The molecule has 0 unspecified atom stereocenters. The van der Waals surface area contributed by atoms with Gasteiger partial charge in [-0.1, -0.05) is 20.8 Å². The maximum atomic E-state index is 15.2. The van der Waals surface area contributed by atoms with Gasteiger partial charge in [-0.3, -0.25) is 14.1 Å². The normalized spacial score (nSPS) is 11.7. The van der Waals surface area contributed by atoms with Crippen LogP contribution in [-0.4, -0.2) is 14.1 Å². The molecule has 0 aliphatic carbocycles. The standard InChI is InChI=1S/C19H19FN4O/c1-19(2,3)11-24-15-6-5-13(14-10-22-8-7-12(14)9-21)16(20)17(15)23(4)18(24)25/h5-8,10H,11H2,1-4H3. The lowest BCUT2D eigenvalue weighted by molar-refractivity contribution is 0.342. The van der Waals surface area contributed by atoms with Crippen molar-refractivity contribution >= 4 is 11.0 Å². The van der Waals surface area contributed by atoms with Crippen LogP contribution in [0.15, 0.2) is 35.4 Å². The van der Waals surface area contributed by atoms with E-state index in [9.17, 15) is 10.1 Å². The SMILES string of the molecule is Cn1c(=O)n(CC(C)(C)C)c2ccc(-c3cnccc3C#N)c(F)c21. The van der Waals surface area contributed by atoms with E-state index in [4.69, 9.17) is 0 Å². The third-order valence-corrected chi connectivity index (χ3v) is 4.10. The smallest absolute Gasteiger partial charge is 0.292 e. The van der Waals surface area contributed by atoms with E-state index in [2.05, 4.69) is 11.1 Å². The summed E-state index contributed by atoms with van der Waals surface area (Å²) >= 11 is 0. The number of benzene rings is 1. The van der Waals surface area contributed by atoms with Gasteiger partial charge in [-0.25, -0.2) is 9.18 Å². The quantitative estimate of drug-likeness (QED) is 0.719. The average molecular weight is 338 g/mol. The Morgan fingerprint density at radius 1 is 1.24 bits per heavy atom. The fourth-order valence-electron chi connectivity index (χ4n) is 3.01. The zero-order valence-electron chi connectivity index (χ0n) is 14.7. The Hall–Kier alpha value is -2.94. The molecule has 0 N–H and O–H groups in total. The number of nitriles is 1. The summed E-state index contributed by atoms with van der Waals surface area (Å²) in [7, 11) is 1.56. The first-order chi connectivity index (χ1) is 11.7. The molecule has 0 aliphatic heterocycles. The van der Waals surface area contributed by atoms with Crippen molar-refractivity contribution in [2.45, 2.75) is 27.3 Å². The van der Waals surface area contributed by atoms with E-state index in [1.807, 2.05) is 20.8 Å². The molecule has 0 saturated heterocycles. The highest BCUT2D eigenvalue weighted by Gasteiger charge is 2.22. The highest BCUT2D eigenvalue weighted by Crippen LogP contribution is 2.30. The van der Waals surface area contributed by atoms with Crippen LogP contribution in [0, 0.1) is 22.6 Å². The maximum absolute atomic E-state index is 15.2. The van der Waals surface area contributed by atoms with Crippen molar-refractivity contribution in [3.63, 3.8) is 0 Å². The van der Waals surface area contributed by atoms with Crippen molar-refractivity contribution in [3.8, 4) is 17.2 Å². The van der Waals surface area contributed by atoms with Crippen LogP contribution < -0.4 is 5.69 Å². The van der Waals surface area contributed by atoms with E-state index in [1.165, 1.54) is 17.0 Å². The van der Waals surface area contributed by atoms with Gasteiger partial charge in [0, 0.05) is 37.1 Å². The van der Waals surface area contributed by atoms with Crippen molar-refractivity contribution in [2.75, 3.05) is 0 Å². The van der Waals surface area contributed by atoms with Crippen molar-refractivity contribution in [1.82, 2.24) is 14.1 Å². The van der Waals surface area contributed by atoms with Crippen LogP contribution in [0.3, 0.4) is 0 Å². The number of hydrogen-bond donors (Lipinski definition) is 0. The van der Waals surface area contributed by atoms with E-state index in [0.29, 0.717) is 23.2 Å². The van der Waals surface area contributed by atoms with Crippen LogP contribution >= 0.6 is 0 Å². The number of rotatable bonds is 2. The molecule has 6 heteroatoms. The number of aryl methyl sites for hydroxylation is 1. The minimum atomic E-state index is -0.519. The molecular formula is C19H19FN4O. The Balaban J connectivity index is 2.31. The van der Waals surface area contributed by atoms with Crippen LogP contribution in [0.1, 0.15) is 26.3 Å². The molecule has 25 heavy (non-hydrogen) atoms. The maximum Gasteiger partial charge on any atom is 0.328 e. The molecule has 0 spiro atoms. The van der Waals surface area contributed by atoms with Crippen molar-refractivity contribution in [1.29, 1.82) is 5.26 Å². The fourth-order valence-corrected chi connectivity index (χ4v) is 3.01. The van der Waals surface area contributed by atoms with E-state index in [0.717, 1.165) is 0 Å². The molecule has 128 valence electrons. The van der Waals surface area contributed by atoms with Gasteiger partial charge in [0.1, 0.15) is 5.52 Å². The highest BCUT2D eigenvalue weighted by molar-refractivity contribution is 5.85. The van der Waals surface area contributed by atoms with Gasteiger partial charge < -0.3 is 0 Å².